The molecule has 0 radical (unpaired) electrons. The number of rotatable bonds is 5. The molecule has 1 aromatic heterocycles. The maximum Gasteiger partial charge on any atom is 0.269 e. The molecule has 2 N–H and O–H groups in total. The molecule has 0 unspecified atom stereocenters. The summed E-state index contributed by atoms with van der Waals surface area (Å²) in [5, 5.41) is 30.4. The summed E-state index contributed by atoms with van der Waals surface area (Å²) in [6.07, 6.45) is 1.49. The summed E-state index contributed by atoms with van der Waals surface area (Å²) in [6.45, 7) is 0. The van der Waals surface area contributed by atoms with E-state index in [-0.39, 0.29) is 17.1 Å². The molecule has 8 nitrogen and oxygen atoms in total. The van der Waals surface area contributed by atoms with Gasteiger partial charge in [0.1, 0.15) is 11.6 Å². The molecule has 0 amide bonds. The molecule has 0 atom stereocenters. The monoisotopic (exact) mass is 366 g/mol. The highest BCUT2D eigenvalue weighted by molar-refractivity contribution is 6.30. The highest BCUT2D eigenvalue weighted by Crippen LogP contribution is 2.26. The molecule has 2 aromatic carbocycles. The summed E-state index contributed by atoms with van der Waals surface area (Å²) >= 11 is 5.94. The number of nitro benzene ring substituents is 1. The standard InChI is InChI=1S/C17H11ClN6O2/c18-12-2-1-3-13(8-12)21-17-15(9-19)16(22-23-17)20-10-11-4-6-14(7-5-11)24(25)26/h1-8,10H,(H2,21,22,23)/b20-10+. The molecule has 3 rings (SSSR count). The summed E-state index contributed by atoms with van der Waals surface area (Å²) in [7, 11) is 0. The number of H-pyrrole nitrogens is 1. The van der Waals surface area contributed by atoms with E-state index in [1.54, 1.807) is 36.4 Å². The first kappa shape index (κ1) is 17.1. The van der Waals surface area contributed by atoms with Crippen LogP contribution in [0, 0.1) is 21.4 Å². The summed E-state index contributed by atoms with van der Waals surface area (Å²) in [5.74, 6) is 0.598. The van der Waals surface area contributed by atoms with E-state index in [0.29, 0.717) is 22.1 Å². The lowest BCUT2D eigenvalue weighted by Gasteiger charge is -2.03. The molecule has 0 aliphatic heterocycles. The van der Waals surface area contributed by atoms with Crippen LogP contribution in [0.1, 0.15) is 11.1 Å². The Morgan fingerprint density at radius 1 is 1.31 bits per heavy atom. The van der Waals surface area contributed by atoms with Gasteiger partial charge in [0.25, 0.3) is 5.69 Å². The first-order valence-electron chi connectivity index (χ1n) is 7.36. The molecule has 0 spiro atoms. The van der Waals surface area contributed by atoms with Crippen LogP contribution in [0.4, 0.5) is 23.0 Å². The lowest BCUT2D eigenvalue weighted by molar-refractivity contribution is -0.384. The third-order valence-electron chi connectivity index (χ3n) is 3.39. The van der Waals surface area contributed by atoms with Gasteiger partial charge in [0, 0.05) is 29.1 Å². The van der Waals surface area contributed by atoms with Gasteiger partial charge in [0.15, 0.2) is 11.6 Å². The molecule has 3 aromatic rings. The Labute approximate surface area is 152 Å². The first-order valence-corrected chi connectivity index (χ1v) is 7.74. The maximum absolute atomic E-state index is 10.7. The van der Waals surface area contributed by atoms with E-state index in [1.165, 1.54) is 18.3 Å². The number of anilines is 2. The van der Waals surface area contributed by atoms with Crippen LogP contribution in [0.3, 0.4) is 0 Å². The van der Waals surface area contributed by atoms with Crippen molar-refractivity contribution < 1.29 is 4.92 Å². The number of nitrogens with zero attached hydrogens (tertiary/aromatic N) is 4. The number of nitrogens with one attached hydrogen (secondary N) is 2. The van der Waals surface area contributed by atoms with Crippen molar-refractivity contribution in [2.24, 2.45) is 4.99 Å². The number of non-ortho nitro benzene ring substituents is 1. The van der Waals surface area contributed by atoms with Crippen molar-refractivity contribution in [3.05, 3.63) is 74.8 Å². The molecule has 128 valence electrons. The van der Waals surface area contributed by atoms with Crippen molar-refractivity contribution in [1.82, 2.24) is 10.2 Å². The molecule has 9 heteroatoms. The topological polar surface area (TPSA) is 120 Å². The van der Waals surface area contributed by atoms with Gasteiger partial charge in [0.2, 0.25) is 0 Å². The van der Waals surface area contributed by atoms with E-state index >= 15 is 0 Å². The van der Waals surface area contributed by atoms with E-state index in [2.05, 4.69) is 20.5 Å². The van der Waals surface area contributed by atoms with Gasteiger partial charge >= 0.3 is 0 Å². The SMILES string of the molecule is N#Cc1c(Nc2cccc(Cl)c2)n[nH]c1/N=C/c1ccc([N+](=O)[O-])cc1. The largest absolute Gasteiger partial charge is 0.338 e. The Kier molecular flexibility index (Phi) is 4.92. The molecule has 0 saturated carbocycles. The molecule has 26 heavy (non-hydrogen) atoms. The predicted octanol–water partition coefficient (Wildman–Crippen LogP) is 4.34. The zero-order valence-corrected chi connectivity index (χ0v) is 13.9. The molecule has 0 aliphatic carbocycles. The van der Waals surface area contributed by atoms with Crippen LogP contribution in [0.5, 0.6) is 0 Å². The van der Waals surface area contributed by atoms with Gasteiger partial charge in [-0.05, 0) is 35.9 Å². The van der Waals surface area contributed by atoms with E-state index in [1.807, 2.05) is 6.07 Å². The maximum atomic E-state index is 10.7. The Morgan fingerprint density at radius 3 is 2.73 bits per heavy atom. The molecule has 0 saturated heterocycles. The second-order valence-corrected chi connectivity index (χ2v) is 5.59. The van der Waals surface area contributed by atoms with Crippen LogP contribution in [0.2, 0.25) is 5.02 Å². The Bertz CT molecular complexity index is 1020. The van der Waals surface area contributed by atoms with Gasteiger partial charge in [-0.1, -0.05) is 17.7 Å². The van der Waals surface area contributed by atoms with Crippen LogP contribution in [-0.4, -0.2) is 21.3 Å². The number of aromatic nitrogens is 2. The average Bonchev–Trinajstić information content (AvgIpc) is 3.02. The average molecular weight is 367 g/mol. The van der Waals surface area contributed by atoms with Crippen LogP contribution in [0.15, 0.2) is 53.5 Å². The number of nitriles is 1. The quantitative estimate of drug-likeness (QED) is 0.395. The van der Waals surface area contributed by atoms with Gasteiger partial charge in [0.05, 0.1) is 4.92 Å². The van der Waals surface area contributed by atoms with E-state index < -0.39 is 4.92 Å². The minimum Gasteiger partial charge on any atom is -0.338 e. The van der Waals surface area contributed by atoms with Crippen molar-refractivity contribution in [2.45, 2.75) is 0 Å². The zero-order valence-electron chi connectivity index (χ0n) is 13.2. The number of hydrogen-bond acceptors (Lipinski definition) is 6. The Morgan fingerprint density at radius 2 is 2.08 bits per heavy atom. The number of hydrogen-bond donors (Lipinski definition) is 2. The molecular weight excluding hydrogens is 356 g/mol. The van der Waals surface area contributed by atoms with Crippen molar-refractivity contribution in [2.75, 3.05) is 5.32 Å². The highest BCUT2D eigenvalue weighted by atomic mass is 35.5. The third kappa shape index (κ3) is 3.85. The smallest absolute Gasteiger partial charge is 0.269 e. The number of nitro groups is 1. The van der Waals surface area contributed by atoms with Crippen LogP contribution in [-0.2, 0) is 0 Å². The summed E-state index contributed by atoms with van der Waals surface area (Å²) in [4.78, 5) is 14.4. The Balaban J connectivity index is 1.81. The molecular formula is C17H11ClN6O2. The van der Waals surface area contributed by atoms with Crippen molar-refractivity contribution in [3.63, 3.8) is 0 Å². The molecule has 0 fully saturated rings. The minimum atomic E-state index is -0.475. The third-order valence-corrected chi connectivity index (χ3v) is 3.63. The van der Waals surface area contributed by atoms with Gasteiger partial charge in [-0.3, -0.25) is 15.2 Å². The number of halogens is 1. The van der Waals surface area contributed by atoms with E-state index in [4.69, 9.17) is 11.6 Å². The summed E-state index contributed by atoms with van der Waals surface area (Å²) in [5.41, 5.74) is 1.57. The molecule has 0 bridgehead atoms. The zero-order chi connectivity index (χ0) is 18.5. The fourth-order valence-electron chi connectivity index (χ4n) is 2.15. The fourth-order valence-corrected chi connectivity index (χ4v) is 2.34. The first-order chi connectivity index (χ1) is 12.6. The van der Waals surface area contributed by atoms with Gasteiger partial charge in [-0.2, -0.15) is 10.4 Å². The number of aromatic amines is 1. The summed E-state index contributed by atoms with van der Waals surface area (Å²) in [6, 6.07) is 14.9. The van der Waals surface area contributed by atoms with Crippen molar-refractivity contribution in [3.8, 4) is 6.07 Å². The lowest BCUT2D eigenvalue weighted by atomic mass is 10.2. The second kappa shape index (κ2) is 7.46. The minimum absolute atomic E-state index is 0.00517. The Hall–Kier alpha value is -3.70. The second-order valence-electron chi connectivity index (χ2n) is 5.15. The van der Waals surface area contributed by atoms with Gasteiger partial charge < -0.3 is 5.32 Å². The van der Waals surface area contributed by atoms with Crippen LogP contribution < -0.4 is 5.32 Å². The normalized spacial score (nSPS) is 10.6. The van der Waals surface area contributed by atoms with E-state index in [0.717, 1.165) is 0 Å². The van der Waals surface area contributed by atoms with Crippen molar-refractivity contribution in [1.29, 1.82) is 5.26 Å². The fraction of sp³-hybridized carbons (Fsp3) is 0. The van der Waals surface area contributed by atoms with E-state index in [9.17, 15) is 15.4 Å². The van der Waals surface area contributed by atoms with Crippen LogP contribution >= 0.6 is 11.6 Å². The lowest BCUT2D eigenvalue weighted by Crippen LogP contribution is -1.92. The summed E-state index contributed by atoms with van der Waals surface area (Å²) < 4.78 is 0. The highest BCUT2D eigenvalue weighted by Gasteiger charge is 2.12. The van der Waals surface area contributed by atoms with Crippen LogP contribution in [0.25, 0.3) is 0 Å². The predicted molar refractivity (Wildman–Crippen MR) is 98.4 cm³/mol. The van der Waals surface area contributed by atoms with Gasteiger partial charge in [-0.15, -0.1) is 0 Å². The van der Waals surface area contributed by atoms with Crippen molar-refractivity contribution >= 4 is 40.8 Å². The number of benzene rings is 2. The molecule has 1 heterocycles. The number of aliphatic imine (C=N–C) groups is 1. The molecule has 0 aliphatic rings. The van der Waals surface area contributed by atoms with Gasteiger partial charge in [-0.25, -0.2) is 4.99 Å².